The Kier molecular flexibility index (Phi) is 2.80. The molecule has 0 amide bonds. The quantitative estimate of drug-likeness (QED) is 0.880. The van der Waals surface area contributed by atoms with Crippen molar-refractivity contribution >= 4 is 16.8 Å². The van der Waals surface area contributed by atoms with Crippen molar-refractivity contribution in [1.82, 2.24) is 9.47 Å². The first-order valence-electron chi connectivity index (χ1n) is 8.79. The summed E-state index contributed by atoms with van der Waals surface area (Å²) < 4.78 is 1.83. The molecule has 23 heavy (non-hydrogen) atoms. The highest BCUT2D eigenvalue weighted by molar-refractivity contribution is 5.99. The number of nitrogens with zero attached hydrogens (tertiary/aromatic N) is 2. The minimum atomic E-state index is -0.869. The van der Waals surface area contributed by atoms with Crippen LogP contribution in [-0.2, 0) is 6.42 Å². The van der Waals surface area contributed by atoms with E-state index in [1.807, 2.05) is 22.8 Å². The zero-order chi connectivity index (χ0) is 15.7. The van der Waals surface area contributed by atoms with Gasteiger partial charge in [-0.3, -0.25) is 14.3 Å². The Hall–Kier alpha value is -1.65. The van der Waals surface area contributed by atoms with Gasteiger partial charge in [0.05, 0.1) is 11.6 Å². The molecule has 1 N–H and O–H groups in total. The molecule has 4 atom stereocenters. The summed E-state index contributed by atoms with van der Waals surface area (Å²) in [5.74, 6) is 0.524. The largest absolute Gasteiger partial charge is 0.383 e. The third kappa shape index (κ3) is 1.65. The average Bonchev–Trinajstić information content (AvgIpc) is 2.93. The Morgan fingerprint density at radius 2 is 2.13 bits per heavy atom. The summed E-state index contributed by atoms with van der Waals surface area (Å²) in [5.41, 5.74) is 3.48. The van der Waals surface area contributed by atoms with Gasteiger partial charge in [-0.15, -0.1) is 0 Å². The van der Waals surface area contributed by atoms with Gasteiger partial charge in [0.2, 0.25) is 0 Å². The maximum Gasteiger partial charge on any atom is 0.260 e. The molecule has 4 heteroatoms. The maximum absolute atomic E-state index is 12.9. The van der Waals surface area contributed by atoms with Crippen molar-refractivity contribution in [2.24, 2.45) is 11.8 Å². The van der Waals surface area contributed by atoms with E-state index in [-0.39, 0.29) is 17.9 Å². The van der Waals surface area contributed by atoms with E-state index in [0.29, 0.717) is 5.92 Å². The van der Waals surface area contributed by atoms with Gasteiger partial charge in [0, 0.05) is 30.1 Å². The van der Waals surface area contributed by atoms with Crippen LogP contribution in [0, 0.1) is 11.8 Å². The van der Waals surface area contributed by atoms with Crippen LogP contribution in [0.4, 0.5) is 0 Å². The topological polar surface area (TPSA) is 45.5 Å². The third-order valence-corrected chi connectivity index (χ3v) is 6.30. The second-order valence-electron chi connectivity index (χ2n) is 7.36. The molecule has 0 radical (unpaired) electrons. The number of carbonyl (C=O) groups is 1. The van der Waals surface area contributed by atoms with Crippen molar-refractivity contribution < 1.29 is 9.90 Å². The van der Waals surface area contributed by atoms with E-state index >= 15 is 0 Å². The van der Waals surface area contributed by atoms with E-state index in [0.717, 1.165) is 37.9 Å². The van der Waals surface area contributed by atoms with E-state index in [4.69, 9.17) is 0 Å². The lowest BCUT2D eigenvalue weighted by Gasteiger charge is -2.50. The Morgan fingerprint density at radius 3 is 2.96 bits per heavy atom. The summed E-state index contributed by atoms with van der Waals surface area (Å²) in [7, 11) is 0. The second-order valence-corrected chi connectivity index (χ2v) is 7.36. The Morgan fingerprint density at radius 1 is 1.30 bits per heavy atom. The van der Waals surface area contributed by atoms with Crippen molar-refractivity contribution in [3.8, 4) is 0 Å². The molecule has 2 aromatic rings. The van der Waals surface area contributed by atoms with Crippen molar-refractivity contribution in [1.29, 1.82) is 0 Å². The minimum absolute atomic E-state index is 0.0528. The molecule has 1 aromatic heterocycles. The molecular formula is C19H22N2O2. The Labute approximate surface area is 135 Å². The third-order valence-electron chi connectivity index (χ3n) is 6.30. The molecule has 0 saturated carbocycles. The molecule has 4 heterocycles. The number of rotatable bonds is 1. The van der Waals surface area contributed by atoms with Crippen molar-refractivity contribution in [3.63, 3.8) is 0 Å². The molecule has 4 nitrogen and oxygen atoms in total. The van der Waals surface area contributed by atoms with Gasteiger partial charge in [-0.2, -0.15) is 0 Å². The SMILES string of the molecule is CC[C@@H]1C[C@@H]2[C@@H](O)C(=O)n3c4c(c5ccccc53)CCN(C1)[C@@H]42. The summed E-state index contributed by atoms with van der Waals surface area (Å²) >= 11 is 0. The molecule has 3 aliphatic rings. The fourth-order valence-electron chi connectivity index (χ4n) is 5.22. The molecule has 0 spiro atoms. The van der Waals surface area contributed by atoms with Crippen LogP contribution < -0.4 is 0 Å². The predicted octanol–water partition coefficient (Wildman–Crippen LogP) is 2.60. The molecular weight excluding hydrogens is 288 g/mol. The normalized spacial score (nSPS) is 33.0. The average molecular weight is 310 g/mol. The van der Waals surface area contributed by atoms with Gasteiger partial charge in [-0.05, 0) is 30.4 Å². The van der Waals surface area contributed by atoms with E-state index in [9.17, 15) is 9.90 Å². The molecule has 1 aromatic carbocycles. The Bertz CT molecular complexity index is 809. The number of aliphatic hydroxyl groups excluding tert-OH is 1. The lowest BCUT2D eigenvalue weighted by atomic mass is 9.73. The summed E-state index contributed by atoms with van der Waals surface area (Å²) in [6.07, 6.45) is 2.22. The highest BCUT2D eigenvalue weighted by Gasteiger charge is 2.50. The van der Waals surface area contributed by atoms with Gasteiger partial charge in [-0.25, -0.2) is 0 Å². The van der Waals surface area contributed by atoms with Gasteiger partial charge in [0.25, 0.3) is 5.91 Å². The summed E-state index contributed by atoms with van der Waals surface area (Å²) in [6.45, 7) is 4.35. The first-order valence-corrected chi connectivity index (χ1v) is 8.79. The first-order chi connectivity index (χ1) is 11.2. The summed E-state index contributed by atoms with van der Waals surface area (Å²) in [6, 6.07) is 8.37. The van der Waals surface area contributed by atoms with Crippen LogP contribution in [0.25, 0.3) is 10.9 Å². The highest BCUT2D eigenvalue weighted by atomic mass is 16.3. The zero-order valence-corrected chi connectivity index (χ0v) is 13.4. The smallest absolute Gasteiger partial charge is 0.260 e. The number of hydrogen-bond donors (Lipinski definition) is 1. The van der Waals surface area contributed by atoms with Crippen LogP contribution in [0.2, 0.25) is 0 Å². The van der Waals surface area contributed by atoms with Crippen LogP contribution in [0.3, 0.4) is 0 Å². The van der Waals surface area contributed by atoms with Gasteiger partial charge < -0.3 is 5.11 Å². The van der Waals surface area contributed by atoms with Crippen molar-refractivity contribution in [3.05, 3.63) is 35.5 Å². The molecule has 0 bridgehead atoms. The fraction of sp³-hybridized carbons (Fsp3) is 0.526. The Balaban J connectivity index is 1.79. The number of aliphatic hydroxyl groups is 1. The molecule has 3 aliphatic heterocycles. The summed E-state index contributed by atoms with van der Waals surface area (Å²) in [5, 5.41) is 11.9. The number of para-hydroxylation sites is 1. The van der Waals surface area contributed by atoms with Crippen molar-refractivity contribution in [2.45, 2.75) is 38.3 Å². The molecule has 0 aliphatic carbocycles. The second kappa shape index (κ2) is 4.68. The van der Waals surface area contributed by atoms with E-state index in [1.54, 1.807) is 0 Å². The molecule has 5 rings (SSSR count). The van der Waals surface area contributed by atoms with Gasteiger partial charge in [0.1, 0.15) is 6.10 Å². The number of aromatic nitrogens is 1. The number of hydrogen-bond acceptors (Lipinski definition) is 3. The van der Waals surface area contributed by atoms with Crippen LogP contribution in [-0.4, -0.2) is 39.7 Å². The van der Waals surface area contributed by atoms with Crippen molar-refractivity contribution in [2.75, 3.05) is 13.1 Å². The predicted molar refractivity (Wildman–Crippen MR) is 88.5 cm³/mol. The lowest BCUT2D eigenvalue weighted by Crippen LogP contribution is -2.55. The monoisotopic (exact) mass is 310 g/mol. The van der Waals surface area contributed by atoms with Gasteiger partial charge in [-0.1, -0.05) is 31.5 Å². The highest BCUT2D eigenvalue weighted by Crippen LogP contribution is 2.49. The first kappa shape index (κ1) is 13.8. The molecule has 1 saturated heterocycles. The molecule has 0 unspecified atom stereocenters. The van der Waals surface area contributed by atoms with Crippen LogP contribution in [0.15, 0.2) is 24.3 Å². The van der Waals surface area contributed by atoms with Gasteiger partial charge in [0.15, 0.2) is 0 Å². The number of benzene rings is 1. The van der Waals surface area contributed by atoms with Gasteiger partial charge >= 0.3 is 0 Å². The fourth-order valence-corrected chi connectivity index (χ4v) is 5.22. The standard InChI is InChI=1S/C19H22N2O2/c1-2-11-9-14-16-17-13(7-8-20(16)10-11)12-5-3-4-6-15(12)21(17)19(23)18(14)22/h3-6,11,14,16,18,22H,2,7-10H2,1H3/t11-,14+,16-,18-/m1/s1. The van der Waals surface area contributed by atoms with E-state index < -0.39 is 6.10 Å². The van der Waals surface area contributed by atoms with Crippen LogP contribution in [0.5, 0.6) is 0 Å². The maximum atomic E-state index is 12.9. The number of carbonyl (C=O) groups excluding carboxylic acids is 1. The van der Waals surface area contributed by atoms with E-state index in [2.05, 4.69) is 17.9 Å². The molecule has 1 fully saturated rings. The minimum Gasteiger partial charge on any atom is -0.383 e. The van der Waals surface area contributed by atoms with E-state index in [1.165, 1.54) is 16.6 Å². The zero-order valence-electron chi connectivity index (χ0n) is 13.4. The lowest BCUT2D eigenvalue weighted by molar-refractivity contribution is -0.0323. The van der Waals surface area contributed by atoms with Crippen LogP contribution >= 0.6 is 0 Å². The molecule has 120 valence electrons. The summed E-state index contributed by atoms with van der Waals surface area (Å²) in [4.78, 5) is 15.4. The number of fused-ring (bicyclic) bond motifs is 3. The van der Waals surface area contributed by atoms with Crippen LogP contribution in [0.1, 0.15) is 41.9 Å². The number of piperidine rings is 1.